The number of rotatable bonds is 7. The number of carbonyl (C=O) groups is 1. The molecule has 0 amide bonds. The minimum absolute atomic E-state index is 0.0889. The second kappa shape index (κ2) is 8.49. The SMILES string of the molecule is CCCCCCC=C=C(C)C(=O)C(C)C. The fourth-order valence-electron chi connectivity index (χ4n) is 1.40. The van der Waals surface area contributed by atoms with Crippen molar-refractivity contribution in [3.05, 3.63) is 17.4 Å². The second-order valence-electron chi connectivity index (χ2n) is 4.34. The zero-order valence-electron chi connectivity index (χ0n) is 10.6. The summed E-state index contributed by atoms with van der Waals surface area (Å²) in [5.41, 5.74) is 3.85. The molecule has 1 heteroatoms. The van der Waals surface area contributed by atoms with Gasteiger partial charge in [-0.05, 0) is 25.8 Å². The van der Waals surface area contributed by atoms with E-state index in [4.69, 9.17) is 0 Å². The monoisotopic (exact) mass is 208 g/mol. The Balaban J connectivity index is 3.91. The van der Waals surface area contributed by atoms with Crippen molar-refractivity contribution in [1.82, 2.24) is 0 Å². The van der Waals surface area contributed by atoms with E-state index < -0.39 is 0 Å². The predicted molar refractivity (Wildman–Crippen MR) is 65.9 cm³/mol. The molecule has 0 aliphatic rings. The van der Waals surface area contributed by atoms with Crippen molar-refractivity contribution in [3.8, 4) is 0 Å². The van der Waals surface area contributed by atoms with E-state index in [1.54, 1.807) is 0 Å². The van der Waals surface area contributed by atoms with Crippen molar-refractivity contribution >= 4 is 5.78 Å². The topological polar surface area (TPSA) is 17.1 Å². The van der Waals surface area contributed by atoms with Crippen LogP contribution in [0.2, 0.25) is 0 Å². The number of Topliss-reactive ketones (excluding diaryl/α,β-unsaturated/α-hetero) is 1. The third kappa shape index (κ3) is 7.16. The van der Waals surface area contributed by atoms with Crippen LogP contribution < -0.4 is 0 Å². The lowest BCUT2D eigenvalue weighted by Crippen LogP contribution is -2.06. The molecule has 0 aromatic carbocycles. The lowest BCUT2D eigenvalue weighted by molar-refractivity contribution is -0.118. The van der Waals surface area contributed by atoms with E-state index in [2.05, 4.69) is 12.7 Å². The molecule has 1 nitrogen and oxygen atoms in total. The highest BCUT2D eigenvalue weighted by Gasteiger charge is 2.07. The average molecular weight is 208 g/mol. The molecule has 15 heavy (non-hydrogen) atoms. The molecule has 0 aliphatic carbocycles. The Labute approximate surface area is 94.3 Å². The van der Waals surface area contributed by atoms with E-state index in [1.165, 1.54) is 25.7 Å². The molecular formula is C14H24O. The van der Waals surface area contributed by atoms with Crippen LogP contribution in [0.5, 0.6) is 0 Å². The highest BCUT2D eigenvalue weighted by Crippen LogP contribution is 2.05. The van der Waals surface area contributed by atoms with Gasteiger partial charge in [-0.3, -0.25) is 4.79 Å². The Morgan fingerprint density at radius 1 is 1.27 bits per heavy atom. The molecule has 0 bridgehead atoms. The third-order valence-electron chi connectivity index (χ3n) is 2.41. The second-order valence-corrected chi connectivity index (χ2v) is 4.34. The van der Waals surface area contributed by atoms with E-state index in [0.717, 1.165) is 12.0 Å². The largest absolute Gasteiger partial charge is 0.294 e. The highest BCUT2D eigenvalue weighted by atomic mass is 16.1. The number of ketones is 1. The Bertz CT molecular complexity index is 242. The number of allylic oxidation sites excluding steroid dienone is 1. The van der Waals surface area contributed by atoms with Crippen molar-refractivity contribution < 1.29 is 4.79 Å². The van der Waals surface area contributed by atoms with Crippen LogP contribution in [0, 0.1) is 5.92 Å². The summed E-state index contributed by atoms with van der Waals surface area (Å²) in [5.74, 6) is 0.297. The molecule has 0 atom stereocenters. The van der Waals surface area contributed by atoms with E-state index in [1.807, 2.05) is 26.8 Å². The van der Waals surface area contributed by atoms with Crippen molar-refractivity contribution in [2.24, 2.45) is 5.92 Å². The summed E-state index contributed by atoms with van der Waals surface area (Å²) < 4.78 is 0. The van der Waals surface area contributed by atoms with Gasteiger partial charge in [0, 0.05) is 11.5 Å². The third-order valence-corrected chi connectivity index (χ3v) is 2.41. The molecule has 0 aromatic rings. The van der Waals surface area contributed by atoms with Gasteiger partial charge in [-0.1, -0.05) is 40.0 Å². The Morgan fingerprint density at radius 2 is 1.93 bits per heavy atom. The Kier molecular flexibility index (Phi) is 8.04. The van der Waals surface area contributed by atoms with Gasteiger partial charge in [0.15, 0.2) is 5.78 Å². The fourth-order valence-corrected chi connectivity index (χ4v) is 1.40. The summed E-state index contributed by atoms with van der Waals surface area (Å²) in [6, 6.07) is 0. The average Bonchev–Trinajstić information content (AvgIpc) is 2.21. The van der Waals surface area contributed by atoms with Gasteiger partial charge in [0.25, 0.3) is 0 Å². The van der Waals surface area contributed by atoms with Crippen molar-refractivity contribution in [3.63, 3.8) is 0 Å². The van der Waals surface area contributed by atoms with E-state index in [0.29, 0.717) is 0 Å². The molecular weight excluding hydrogens is 184 g/mol. The van der Waals surface area contributed by atoms with Gasteiger partial charge in [-0.25, -0.2) is 0 Å². The zero-order valence-corrected chi connectivity index (χ0v) is 10.6. The first kappa shape index (κ1) is 14.2. The molecule has 0 radical (unpaired) electrons. The van der Waals surface area contributed by atoms with Gasteiger partial charge in [-0.2, -0.15) is 0 Å². The van der Waals surface area contributed by atoms with Crippen LogP contribution in [0.1, 0.15) is 59.8 Å². The summed E-state index contributed by atoms with van der Waals surface area (Å²) in [6.07, 6.45) is 8.12. The van der Waals surface area contributed by atoms with Crippen LogP contribution >= 0.6 is 0 Å². The molecule has 0 spiro atoms. The first-order valence-electron chi connectivity index (χ1n) is 6.05. The standard InChI is InChI=1S/C14H24O/c1-5-6-7-8-9-10-11-13(4)14(15)12(2)3/h10,12H,5-9H2,1-4H3. The maximum absolute atomic E-state index is 11.5. The number of carbonyl (C=O) groups excluding carboxylic acids is 1. The molecule has 86 valence electrons. The maximum Gasteiger partial charge on any atom is 0.168 e. The minimum atomic E-state index is 0.0889. The van der Waals surface area contributed by atoms with Crippen LogP contribution in [-0.4, -0.2) is 5.78 Å². The van der Waals surface area contributed by atoms with Crippen LogP contribution in [0.15, 0.2) is 17.4 Å². The maximum atomic E-state index is 11.5. The van der Waals surface area contributed by atoms with Crippen LogP contribution in [0.4, 0.5) is 0 Å². The van der Waals surface area contributed by atoms with Crippen LogP contribution in [0.25, 0.3) is 0 Å². The summed E-state index contributed by atoms with van der Waals surface area (Å²) in [5, 5.41) is 0. The molecule has 0 aromatic heterocycles. The molecule has 0 unspecified atom stereocenters. The molecule has 0 rings (SSSR count). The molecule has 0 fully saturated rings. The first-order chi connectivity index (χ1) is 7.09. The van der Waals surface area contributed by atoms with Gasteiger partial charge in [-0.15, -0.1) is 5.73 Å². The Morgan fingerprint density at radius 3 is 2.47 bits per heavy atom. The van der Waals surface area contributed by atoms with Gasteiger partial charge in [0.2, 0.25) is 0 Å². The summed E-state index contributed by atoms with van der Waals surface area (Å²) in [6.45, 7) is 7.91. The smallest absolute Gasteiger partial charge is 0.168 e. The summed E-state index contributed by atoms with van der Waals surface area (Å²) in [7, 11) is 0. The highest BCUT2D eigenvalue weighted by molar-refractivity contribution is 5.95. The van der Waals surface area contributed by atoms with E-state index >= 15 is 0 Å². The number of hydrogen-bond acceptors (Lipinski definition) is 1. The normalized spacial score (nSPS) is 9.93. The van der Waals surface area contributed by atoms with Crippen molar-refractivity contribution in [2.45, 2.75) is 59.8 Å². The number of hydrogen-bond donors (Lipinski definition) is 0. The van der Waals surface area contributed by atoms with Gasteiger partial charge < -0.3 is 0 Å². The van der Waals surface area contributed by atoms with Crippen LogP contribution in [-0.2, 0) is 4.79 Å². The zero-order chi connectivity index (χ0) is 11.7. The first-order valence-corrected chi connectivity index (χ1v) is 6.05. The lowest BCUT2D eigenvalue weighted by atomic mass is 10.0. The van der Waals surface area contributed by atoms with Gasteiger partial charge >= 0.3 is 0 Å². The minimum Gasteiger partial charge on any atom is -0.294 e. The lowest BCUT2D eigenvalue weighted by Gasteiger charge is -2.00. The quantitative estimate of drug-likeness (QED) is 0.346. The molecule has 0 saturated carbocycles. The molecule has 0 aliphatic heterocycles. The Hall–Kier alpha value is -0.810. The molecule has 0 N–H and O–H groups in total. The van der Waals surface area contributed by atoms with Gasteiger partial charge in [0.1, 0.15) is 0 Å². The van der Waals surface area contributed by atoms with E-state index in [9.17, 15) is 4.79 Å². The van der Waals surface area contributed by atoms with Crippen LogP contribution in [0.3, 0.4) is 0 Å². The fraction of sp³-hybridized carbons (Fsp3) is 0.714. The predicted octanol–water partition coefficient (Wildman–Crippen LogP) is 4.28. The van der Waals surface area contributed by atoms with Crippen molar-refractivity contribution in [2.75, 3.05) is 0 Å². The number of unbranched alkanes of at least 4 members (excludes halogenated alkanes) is 4. The van der Waals surface area contributed by atoms with Crippen molar-refractivity contribution in [1.29, 1.82) is 0 Å². The molecule has 0 heterocycles. The molecule has 0 saturated heterocycles. The van der Waals surface area contributed by atoms with Gasteiger partial charge in [0.05, 0.1) is 0 Å². The summed E-state index contributed by atoms with van der Waals surface area (Å²) in [4.78, 5) is 11.5. The van der Waals surface area contributed by atoms with E-state index in [-0.39, 0.29) is 11.7 Å². The summed E-state index contributed by atoms with van der Waals surface area (Å²) >= 11 is 0.